The van der Waals surface area contributed by atoms with Crippen molar-refractivity contribution in [3.8, 4) is 0 Å². The average molecular weight is 210 g/mol. The lowest BCUT2D eigenvalue weighted by molar-refractivity contribution is 0.679. The molecule has 2 aliphatic rings. The molecular formula is C16H18. The van der Waals surface area contributed by atoms with Crippen LogP contribution in [-0.4, -0.2) is 0 Å². The van der Waals surface area contributed by atoms with Gasteiger partial charge in [0.15, 0.2) is 0 Å². The summed E-state index contributed by atoms with van der Waals surface area (Å²) in [6.07, 6.45) is 10.5. The Balaban J connectivity index is 1.91. The molecule has 2 aliphatic carbocycles. The fraction of sp³-hybridized carbons (Fsp3) is 0.375. The number of hydrogen-bond acceptors (Lipinski definition) is 0. The van der Waals surface area contributed by atoms with Gasteiger partial charge < -0.3 is 0 Å². The maximum atomic E-state index is 2.40. The Kier molecular flexibility index (Phi) is 2.65. The normalized spacial score (nSPS) is 22.6. The highest BCUT2D eigenvalue weighted by Crippen LogP contribution is 2.41. The largest absolute Gasteiger partial charge is 0.0664 e. The summed E-state index contributed by atoms with van der Waals surface area (Å²) in [6, 6.07) is 10.7. The lowest BCUT2D eigenvalue weighted by Crippen LogP contribution is -1.94. The Bertz CT molecular complexity index is 434. The van der Waals surface area contributed by atoms with Crippen LogP contribution in [0.15, 0.2) is 47.1 Å². The molecule has 0 amide bonds. The summed E-state index contributed by atoms with van der Waals surface area (Å²) in [7, 11) is 0. The fourth-order valence-corrected chi connectivity index (χ4v) is 2.98. The molecule has 0 heterocycles. The van der Waals surface area contributed by atoms with Gasteiger partial charge >= 0.3 is 0 Å². The molecule has 0 saturated carbocycles. The lowest BCUT2D eigenvalue weighted by atomic mass is 9.92. The van der Waals surface area contributed by atoms with E-state index in [9.17, 15) is 0 Å². The molecular weight excluding hydrogens is 192 g/mol. The lowest BCUT2D eigenvalue weighted by Gasteiger charge is -2.14. The van der Waals surface area contributed by atoms with Gasteiger partial charge in [-0.1, -0.05) is 42.0 Å². The minimum atomic E-state index is 1.28. The van der Waals surface area contributed by atoms with Crippen molar-refractivity contribution in [1.29, 1.82) is 0 Å². The van der Waals surface area contributed by atoms with Gasteiger partial charge in [-0.2, -0.15) is 0 Å². The second-order valence-electron chi connectivity index (χ2n) is 4.87. The Hall–Kier alpha value is -1.30. The molecule has 1 aromatic carbocycles. The smallest absolute Gasteiger partial charge is 0.0238 e. The van der Waals surface area contributed by atoms with Crippen molar-refractivity contribution < 1.29 is 0 Å². The highest BCUT2D eigenvalue weighted by molar-refractivity contribution is 5.61. The van der Waals surface area contributed by atoms with Gasteiger partial charge in [0.05, 0.1) is 0 Å². The van der Waals surface area contributed by atoms with Gasteiger partial charge in [-0.15, -0.1) is 0 Å². The first-order chi connectivity index (χ1) is 7.93. The van der Waals surface area contributed by atoms with Crippen molar-refractivity contribution >= 4 is 6.08 Å². The van der Waals surface area contributed by atoms with Gasteiger partial charge in [-0.05, 0) is 55.2 Å². The molecule has 0 N–H and O–H groups in total. The fourth-order valence-electron chi connectivity index (χ4n) is 2.98. The van der Waals surface area contributed by atoms with Crippen molar-refractivity contribution in [2.45, 2.75) is 38.5 Å². The van der Waals surface area contributed by atoms with Gasteiger partial charge in [0.25, 0.3) is 0 Å². The van der Waals surface area contributed by atoms with E-state index in [-0.39, 0.29) is 0 Å². The van der Waals surface area contributed by atoms with E-state index in [1.54, 1.807) is 16.7 Å². The predicted octanol–water partition coefficient (Wildman–Crippen LogP) is 4.73. The van der Waals surface area contributed by atoms with Crippen LogP contribution in [0.2, 0.25) is 0 Å². The summed E-state index contributed by atoms with van der Waals surface area (Å²) < 4.78 is 0. The van der Waals surface area contributed by atoms with Crippen LogP contribution < -0.4 is 0 Å². The molecule has 82 valence electrons. The van der Waals surface area contributed by atoms with Crippen LogP contribution in [0.3, 0.4) is 0 Å². The van der Waals surface area contributed by atoms with Gasteiger partial charge in [-0.3, -0.25) is 0 Å². The number of benzene rings is 1. The Labute approximate surface area is 97.7 Å². The summed E-state index contributed by atoms with van der Waals surface area (Å²) >= 11 is 0. The topological polar surface area (TPSA) is 0 Å². The SMILES string of the molecule is C(=C1/CCC2=C1CCCC2)/c1ccccc1. The summed E-state index contributed by atoms with van der Waals surface area (Å²) in [5.41, 5.74) is 6.43. The maximum Gasteiger partial charge on any atom is -0.0238 e. The Morgan fingerprint density at radius 3 is 2.50 bits per heavy atom. The van der Waals surface area contributed by atoms with Gasteiger partial charge in [0.2, 0.25) is 0 Å². The molecule has 0 bridgehead atoms. The van der Waals surface area contributed by atoms with Crippen LogP contribution >= 0.6 is 0 Å². The molecule has 0 atom stereocenters. The third kappa shape index (κ3) is 1.84. The standard InChI is InChI=1S/C16H18/c1-2-6-13(7-3-1)12-15-11-10-14-8-4-5-9-16(14)15/h1-3,6-7,12H,4-5,8-11H2/b15-12+. The summed E-state index contributed by atoms with van der Waals surface area (Å²) in [4.78, 5) is 0. The average Bonchev–Trinajstić information content (AvgIpc) is 2.74. The van der Waals surface area contributed by atoms with Crippen LogP contribution in [0, 0.1) is 0 Å². The number of hydrogen-bond donors (Lipinski definition) is 0. The van der Waals surface area contributed by atoms with Crippen molar-refractivity contribution in [3.05, 3.63) is 52.6 Å². The van der Waals surface area contributed by atoms with E-state index in [1.807, 2.05) is 0 Å². The molecule has 3 rings (SSSR count). The first kappa shape index (κ1) is 9.89. The molecule has 16 heavy (non-hydrogen) atoms. The second-order valence-corrected chi connectivity index (χ2v) is 4.87. The van der Waals surface area contributed by atoms with E-state index >= 15 is 0 Å². The highest BCUT2D eigenvalue weighted by Gasteiger charge is 2.21. The summed E-state index contributed by atoms with van der Waals surface area (Å²) in [6.45, 7) is 0. The third-order valence-electron chi connectivity index (χ3n) is 3.81. The molecule has 0 aromatic heterocycles. The van der Waals surface area contributed by atoms with Gasteiger partial charge in [-0.25, -0.2) is 0 Å². The van der Waals surface area contributed by atoms with Crippen molar-refractivity contribution in [3.63, 3.8) is 0 Å². The molecule has 0 unspecified atom stereocenters. The van der Waals surface area contributed by atoms with E-state index < -0.39 is 0 Å². The first-order valence-corrected chi connectivity index (χ1v) is 6.40. The third-order valence-corrected chi connectivity index (χ3v) is 3.81. The van der Waals surface area contributed by atoms with E-state index in [2.05, 4.69) is 36.4 Å². The van der Waals surface area contributed by atoms with Crippen molar-refractivity contribution in [2.75, 3.05) is 0 Å². The van der Waals surface area contributed by atoms with Crippen molar-refractivity contribution in [2.24, 2.45) is 0 Å². The molecule has 0 spiro atoms. The molecule has 0 aliphatic heterocycles. The summed E-state index contributed by atoms with van der Waals surface area (Å²) in [5, 5.41) is 0. The van der Waals surface area contributed by atoms with Crippen LogP contribution in [0.4, 0.5) is 0 Å². The molecule has 1 aromatic rings. The van der Waals surface area contributed by atoms with E-state index in [1.165, 1.54) is 44.1 Å². The molecule has 0 radical (unpaired) electrons. The highest BCUT2D eigenvalue weighted by atomic mass is 14.3. The zero-order valence-corrected chi connectivity index (χ0v) is 9.71. The zero-order valence-electron chi connectivity index (χ0n) is 9.71. The van der Waals surface area contributed by atoms with E-state index in [0.717, 1.165) is 0 Å². The molecule has 0 saturated heterocycles. The van der Waals surface area contributed by atoms with Crippen LogP contribution in [-0.2, 0) is 0 Å². The van der Waals surface area contributed by atoms with Gasteiger partial charge in [0.1, 0.15) is 0 Å². The molecule has 0 nitrogen and oxygen atoms in total. The monoisotopic (exact) mass is 210 g/mol. The second kappa shape index (κ2) is 4.29. The van der Waals surface area contributed by atoms with E-state index in [4.69, 9.17) is 0 Å². The summed E-state index contributed by atoms with van der Waals surface area (Å²) in [5.74, 6) is 0. The van der Waals surface area contributed by atoms with E-state index in [0.29, 0.717) is 0 Å². The minimum Gasteiger partial charge on any atom is -0.0664 e. The maximum absolute atomic E-state index is 2.40. The minimum absolute atomic E-state index is 1.28. The Morgan fingerprint density at radius 2 is 1.62 bits per heavy atom. The predicted molar refractivity (Wildman–Crippen MR) is 69.1 cm³/mol. The molecule has 0 heteroatoms. The quantitative estimate of drug-likeness (QED) is 0.628. The zero-order chi connectivity index (χ0) is 10.8. The van der Waals surface area contributed by atoms with Crippen LogP contribution in [0.25, 0.3) is 6.08 Å². The molecule has 0 fully saturated rings. The van der Waals surface area contributed by atoms with Crippen LogP contribution in [0.5, 0.6) is 0 Å². The number of rotatable bonds is 1. The Morgan fingerprint density at radius 1 is 0.812 bits per heavy atom. The van der Waals surface area contributed by atoms with Crippen molar-refractivity contribution in [1.82, 2.24) is 0 Å². The first-order valence-electron chi connectivity index (χ1n) is 6.40. The van der Waals surface area contributed by atoms with Crippen LogP contribution in [0.1, 0.15) is 44.1 Å². The number of allylic oxidation sites excluding steroid dienone is 3. The van der Waals surface area contributed by atoms with Gasteiger partial charge in [0, 0.05) is 0 Å².